The maximum absolute atomic E-state index is 12.7. The molecule has 3 amide bonds. The Kier molecular flexibility index (Phi) is 18.6. The Bertz CT molecular complexity index is 912. The van der Waals surface area contributed by atoms with Gasteiger partial charge in [-0.15, -0.1) is 0 Å². The Morgan fingerprint density at radius 3 is 2.17 bits per heavy atom. The van der Waals surface area contributed by atoms with Gasteiger partial charge in [0.25, 0.3) is 0 Å². The van der Waals surface area contributed by atoms with E-state index < -0.39 is 12.2 Å². The number of aromatic nitrogens is 1. The second-order valence-electron chi connectivity index (χ2n) is 11.5. The number of nitrogens with one attached hydrogen (secondary N) is 1. The Labute approximate surface area is 253 Å². The monoisotopic (exact) mass is 590 g/mol. The van der Waals surface area contributed by atoms with Gasteiger partial charge in [0.15, 0.2) is 6.20 Å². The zero-order chi connectivity index (χ0) is 30.4. The lowest BCUT2D eigenvalue weighted by Gasteiger charge is -2.19. The van der Waals surface area contributed by atoms with E-state index in [4.69, 9.17) is 14.2 Å². The molecule has 0 radical (unpaired) electrons. The highest BCUT2D eigenvalue weighted by Crippen LogP contribution is 2.21. The lowest BCUT2D eigenvalue weighted by atomic mass is 10.0. The van der Waals surface area contributed by atoms with Gasteiger partial charge in [-0.3, -0.25) is 4.79 Å². The van der Waals surface area contributed by atoms with Crippen LogP contribution in [0.15, 0.2) is 24.4 Å². The van der Waals surface area contributed by atoms with Crippen LogP contribution in [0.4, 0.5) is 9.59 Å². The van der Waals surface area contributed by atoms with Crippen LogP contribution in [0.3, 0.4) is 0 Å². The summed E-state index contributed by atoms with van der Waals surface area (Å²) in [6.07, 6.45) is 18.0. The molecule has 9 heteroatoms. The van der Waals surface area contributed by atoms with Gasteiger partial charge in [-0.25, -0.2) is 19.1 Å². The van der Waals surface area contributed by atoms with E-state index in [0.29, 0.717) is 19.6 Å². The Morgan fingerprint density at radius 1 is 0.905 bits per heavy atom. The summed E-state index contributed by atoms with van der Waals surface area (Å²) in [5, 5.41) is 2.84. The molecule has 42 heavy (non-hydrogen) atoms. The quantitative estimate of drug-likeness (QED) is 0.126. The van der Waals surface area contributed by atoms with Crippen LogP contribution in [0, 0.1) is 5.92 Å². The number of carbonyl (C=O) groups is 3. The maximum Gasteiger partial charge on any atom is 0.417 e. The van der Waals surface area contributed by atoms with Crippen molar-refractivity contribution in [3.05, 3.63) is 30.1 Å². The molecule has 0 saturated carbocycles. The molecule has 0 aromatic carbocycles. The minimum absolute atomic E-state index is 0.0485. The van der Waals surface area contributed by atoms with Gasteiger partial charge in [-0.1, -0.05) is 90.0 Å². The van der Waals surface area contributed by atoms with E-state index in [2.05, 4.69) is 12.2 Å². The topological polar surface area (TPSA) is 98.1 Å². The molecule has 238 valence electrons. The van der Waals surface area contributed by atoms with Crippen molar-refractivity contribution in [1.29, 1.82) is 0 Å². The number of nitrogens with zero attached hydrogens (tertiary/aromatic N) is 2. The van der Waals surface area contributed by atoms with Crippen molar-refractivity contribution in [2.75, 3.05) is 26.4 Å². The highest BCUT2D eigenvalue weighted by Gasteiger charge is 2.30. The molecule has 1 fully saturated rings. The van der Waals surface area contributed by atoms with Crippen LogP contribution in [0.25, 0.3) is 0 Å². The summed E-state index contributed by atoms with van der Waals surface area (Å²) in [5.74, 6) is -0.331. The fourth-order valence-corrected chi connectivity index (χ4v) is 5.26. The zero-order valence-electron chi connectivity index (χ0n) is 26.5. The van der Waals surface area contributed by atoms with Crippen molar-refractivity contribution in [3.8, 4) is 0 Å². The smallest absolute Gasteiger partial charge is 0.417 e. The number of imide groups is 1. The van der Waals surface area contributed by atoms with E-state index in [9.17, 15) is 14.4 Å². The summed E-state index contributed by atoms with van der Waals surface area (Å²) in [6.45, 7) is 7.86. The molecule has 1 aliphatic rings. The number of alkyl carbamates (subject to hydrolysis) is 1. The van der Waals surface area contributed by atoms with E-state index >= 15 is 0 Å². The molecule has 1 N–H and O–H groups in total. The van der Waals surface area contributed by atoms with Crippen LogP contribution in [-0.2, 0) is 32.1 Å². The average molecular weight is 591 g/mol. The van der Waals surface area contributed by atoms with Crippen LogP contribution in [0.2, 0.25) is 0 Å². The third kappa shape index (κ3) is 15.0. The van der Waals surface area contributed by atoms with Crippen LogP contribution < -0.4 is 9.88 Å². The standard InChI is InChI=1S/C33H55N3O6/c1-4-6-7-8-9-10-11-12-13-14-15-16-18-21-34-32(38)41-26-29-23-31(40-25-29)27-42-33(39)36(28(3)37)24-30-20-17-19-22-35(30)5-2/h17,19-20,22,29,31H,4-16,18,21,23-27H2,1-3H3/p+1/t29-,31-/m0/s1. The van der Waals surface area contributed by atoms with Crippen molar-refractivity contribution in [2.24, 2.45) is 5.92 Å². The van der Waals surface area contributed by atoms with E-state index in [1.54, 1.807) is 0 Å². The van der Waals surface area contributed by atoms with E-state index in [-0.39, 0.29) is 37.7 Å². The number of pyridine rings is 1. The van der Waals surface area contributed by atoms with Crippen molar-refractivity contribution in [1.82, 2.24) is 10.2 Å². The molecule has 9 nitrogen and oxygen atoms in total. The fourth-order valence-electron chi connectivity index (χ4n) is 5.26. The predicted molar refractivity (Wildman–Crippen MR) is 163 cm³/mol. The van der Waals surface area contributed by atoms with Crippen molar-refractivity contribution >= 4 is 18.1 Å². The van der Waals surface area contributed by atoms with Gasteiger partial charge in [0.05, 0.1) is 19.3 Å². The number of aryl methyl sites for hydroxylation is 1. The average Bonchev–Trinajstić information content (AvgIpc) is 3.45. The summed E-state index contributed by atoms with van der Waals surface area (Å²) in [6, 6.07) is 5.66. The summed E-state index contributed by atoms with van der Waals surface area (Å²) in [5.41, 5.74) is 0.842. The molecule has 2 rings (SSSR count). The molecule has 1 aliphatic heterocycles. The van der Waals surface area contributed by atoms with Crippen molar-refractivity contribution in [2.45, 2.75) is 130 Å². The summed E-state index contributed by atoms with van der Waals surface area (Å²) >= 11 is 0. The summed E-state index contributed by atoms with van der Waals surface area (Å²) in [4.78, 5) is 38.0. The first-order valence-corrected chi connectivity index (χ1v) is 16.4. The van der Waals surface area contributed by atoms with Crippen molar-refractivity contribution in [3.63, 3.8) is 0 Å². The number of ether oxygens (including phenoxy) is 3. The minimum Gasteiger partial charge on any atom is -0.449 e. The van der Waals surface area contributed by atoms with Crippen LogP contribution >= 0.6 is 0 Å². The molecule has 2 atom stereocenters. The predicted octanol–water partition coefficient (Wildman–Crippen LogP) is 6.70. The molecule has 1 saturated heterocycles. The maximum atomic E-state index is 12.7. The van der Waals surface area contributed by atoms with Crippen molar-refractivity contribution < 1.29 is 33.2 Å². The zero-order valence-corrected chi connectivity index (χ0v) is 26.5. The highest BCUT2D eigenvalue weighted by molar-refractivity contribution is 5.90. The second kappa shape index (κ2) is 21.9. The van der Waals surface area contributed by atoms with E-state index in [0.717, 1.165) is 30.0 Å². The number of hydrogen-bond acceptors (Lipinski definition) is 6. The normalized spacial score (nSPS) is 16.3. The van der Waals surface area contributed by atoms with Gasteiger partial charge in [-0.2, -0.15) is 0 Å². The Balaban J connectivity index is 1.49. The van der Waals surface area contributed by atoms with Crippen LogP contribution in [0.1, 0.15) is 116 Å². The third-order valence-corrected chi connectivity index (χ3v) is 7.85. The molecule has 0 bridgehead atoms. The summed E-state index contributed by atoms with van der Waals surface area (Å²) < 4.78 is 18.5. The fraction of sp³-hybridized carbons (Fsp3) is 0.758. The third-order valence-electron chi connectivity index (χ3n) is 7.85. The number of amides is 3. The number of unbranched alkanes of at least 4 members (excludes halogenated alkanes) is 12. The van der Waals surface area contributed by atoms with Crippen LogP contribution in [-0.4, -0.2) is 55.5 Å². The van der Waals surface area contributed by atoms with Gasteiger partial charge in [0.2, 0.25) is 11.6 Å². The molecule has 0 spiro atoms. The molecule has 1 aromatic rings. The van der Waals surface area contributed by atoms with Gasteiger partial charge < -0.3 is 19.5 Å². The molecular weight excluding hydrogens is 534 g/mol. The first kappa shape index (κ1) is 35.5. The van der Waals surface area contributed by atoms with Gasteiger partial charge >= 0.3 is 12.2 Å². The molecule has 0 aliphatic carbocycles. The number of rotatable bonds is 21. The number of carbonyl (C=O) groups excluding carboxylic acids is 3. The first-order chi connectivity index (χ1) is 20.4. The lowest BCUT2D eigenvalue weighted by molar-refractivity contribution is -0.701. The second-order valence-corrected chi connectivity index (χ2v) is 11.5. The van der Waals surface area contributed by atoms with Gasteiger partial charge in [0.1, 0.15) is 19.7 Å². The summed E-state index contributed by atoms with van der Waals surface area (Å²) in [7, 11) is 0. The largest absolute Gasteiger partial charge is 0.449 e. The Morgan fingerprint density at radius 2 is 1.55 bits per heavy atom. The highest BCUT2D eigenvalue weighted by atomic mass is 16.6. The molecule has 1 aromatic heterocycles. The van der Waals surface area contributed by atoms with Gasteiger partial charge in [0, 0.05) is 31.5 Å². The molecular formula is C33H56N3O6+. The van der Waals surface area contributed by atoms with Crippen LogP contribution in [0.5, 0.6) is 0 Å². The Hall–Kier alpha value is -2.68. The SMILES string of the molecule is CCCCCCCCCCCCCCCNC(=O)OC[C@@H]1CO[C@H](COC(=O)N(Cc2cccc[n+]2CC)C(C)=O)C1. The molecule has 2 heterocycles. The molecule has 0 unspecified atom stereocenters. The van der Waals surface area contributed by atoms with Gasteiger partial charge in [-0.05, 0) is 19.8 Å². The first-order valence-electron chi connectivity index (χ1n) is 16.4. The minimum atomic E-state index is -0.690. The van der Waals surface area contributed by atoms with E-state index in [1.165, 1.54) is 77.6 Å². The number of hydrogen-bond donors (Lipinski definition) is 1. The lowest BCUT2D eigenvalue weighted by Crippen LogP contribution is -2.43. The van der Waals surface area contributed by atoms with E-state index in [1.807, 2.05) is 35.9 Å².